The van der Waals surface area contributed by atoms with E-state index in [-0.39, 0.29) is 6.04 Å². The van der Waals surface area contributed by atoms with Gasteiger partial charge in [-0.1, -0.05) is 41.3 Å². The number of piperidine rings is 1. The normalized spacial score (nSPS) is 22.4. The monoisotopic (exact) mass is 325 g/mol. The Morgan fingerprint density at radius 2 is 2.24 bits per heavy atom. The van der Waals surface area contributed by atoms with Gasteiger partial charge >= 0.3 is 0 Å². The lowest BCUT2D eigenvalue weighted by Crippen LogP contribution is -2.30. The van der Waals surface area contributed by atoms with Crippen molar-refractivity contribution >= 4 is 23.2 Å². The molecule has 0 radical (unpaired) electrons. The Hall–Kier alpha value is -1.10. The summed E-state index contributed by atoms with van der Waals surface area (Å²) in [4.78, 5) is 4.50. The number of rotatable bonds is 3. The highest BCUT2D eigenvalue weighted by Crippen LogP contribution is 2.27. The SMILES string of the molecule is CC1CCNC(c2nc(Cc3ccc(Cl)cc3Cl)no2)C1. The zero-order valence-electron chi connectivity index (χ0n) is 11.8. The number of benzene rings is 1. The van der Waals surface area contributed by atoms with Crippen LogP contribution in [-0.2, 0) is 6.42 Å². The molecular formula is C15H17Cl2N3O. The molecule has 1 fully saturated rings. The molecule has 2 aromatic rings. The Labute approximate surface area is 133 Å². The Morgan fingerprint density at radius 3 is 3.00 bits per heavy atom. The van der Waals surface area contributed by atoms with Gasteiger partial charge in [-0.25, -0.2) is 0 Å². The zero-order valence-corrected chi connectivity index (χ0v) is 13.3. The molecule has 1 N–H and O–H groups in total. The van der Waals surface area contributed by atoms with E-state index in [1.807, 2.05) is 12.1 Å². The van der Waals surface area contributed by atoms with Crippen LogP contribution in [0.15, 0.2) is 22.7 Å². The minimum absolute atomic E-state index is 0.163. The van der Waals surface area contributed by atoms with E-state index in [1.54, 1.807) is 6.07 Å². The molecule has 3 rings (SSSR count). The third-order valence-electron chi connectivity index (χ3n) is 3.81. The predicted octanol–water partition coefficient (Wildman–Crippen LogP) is 4.03. The first kappa shape index (κ1) is 14.8. The maximum absolute atomic E-state index is 6.17. The van der Waals surface area contributed by atoms with Crippen LogP contribution in [0.4, 0.5) is 0 Å². The number of halogens is 2. The highest BCUT2D eigenvalue weighted by Gasteiger charge is 2.24. The molecular weight excluding hydrogens is 309 g/mol. The average Bonchev–Trinajstić information content (AvgIpc) is 2.91. The predicted molar refractivity (Wildman–Crippen MR) is 82.7 cm³/mol. The first-order valence-corrected chi connectivity index (χ1v) is 7.87. The second-order valence-electron chi connectivity index (χ2n) is 5.60. The summed E-state index contributed by atoms with van der Waals surface area (Å²) < 4.78 is 5.40. The molecule has 21 heavy (non-hydrogen) atoms. The van der Waals surface area contributed by atoms with Gasteiger partial charge in [0.2, 0.25) is 5.89 Å². The van der Waals surface area contributed by atoms with Crippen molar-refractivity contribution < 1.29 is 4.52 Å². The molecule has 0 amide bonds. The Balaban J connectivity index is 1.72. The lowest BCUT2D eigenvalue weighted by atomic mass is 9.94. The Morgan fingerprint density at radius 1 is 1.38 bits per heavy atom. The van der Waals surface area contributed by atoms with Crippen LogP contribution in [-0.4, -0.2) is 16.7 Å². The maximum atomic E-state index is 6.17. The van der Waals surface area contributed by atoms with E-state index >= 15 is 0 Å². The third kappa shape index (κ3) is 3.57. The first-order valence-electron chi connectivity index (χ1n) is 7.11. The highest BCUT2D eigenvalue weighted by atomic mass is 35.5. The van der Waals surface area contributed by atoms with Gasteiger partial charge in [0.15, 0.2) is 5.82 Å². The van der Waals surface area contributed by atoms with Crippen molar-refractivity contribution in [2.75, 3.05) is 6.54 Å². The van der Waals surface area contributed by atoms with Gasteiger partial charge in [-0.05, 0) is 43.0 Å². The van der Waals surface area contributed by atoms with Crippen molar-refractivity contribution in [1.82, 2.24) is 15.5 Å². The van der Waals surface area contributed by atoms with Gasteiger partial charge in [0.05, 0.1) is 6.04 Å². The molecule has 1 saturated heterocycles. The lowest BCUT2D eigenvalue weighted by Gasteiger charge is -2.25. The molecule has 112 valence electrons. The van der Waals surface area contributed by atoms with E-state index in [4.69, 9.17) is 27.7 Å². The third-order valence-corrected chi connectivity index (χ3v) is 4.40. The fourth-order valence-electron chi connectivity index (χ4n) is 2.61. The molecule has 0 saturated carbocycles. The lowest BCUT2D eigenvalue weighted by molar-refractivity contribution is 0.259. The van der Waals surface area contributed by atoms with Gasteiger partial charge in [0.25, 0.3) is 0 Å². The molecule has 2 atom stereocenters. The van der Waals surface area contributed by atoms with Crippen LogP contribution in [0.5, 0.6) is 0 Å². The van der Waals surface area contributed by atoms with Crippen LogP contribution < -0.4 is 5.32 Å². The number of aromatic nitrogens is 2. The molecule has 1 aliphatic rings. The molecule has 1 aromatic heterocycles. The molecule has 2 heterocycles. The van der Waals surface area contributed by atoms with Crippen LogP contribution in [0.3, 0.4) is 0 Å². The summed E-state index contributed by atoms with van der Waals surface area (Å²) in [5, 5.41) is 8.73. The summed E-state index contributed by atoms with van der Waals surface area (Å²) in [6, 6.07) is 5.59. The summed E-state index contributed by atoms with van der Waals surface area (Å²) in [6.07, 6.45) is 2.77. The molecule has 0 aliphatic carbocycles. The minimum atomic E-state index is 0.163. The topological polar surface area (TPSA) is 51.0 Å². The Kier molecular flexibility index (Phi) is 4.48. The summed E-state index contributed by atoms with van der Waals surface area (Å²) in [6.45, 7) is 3.24. The van der Waals surface area contributed by atoms with Crippen LogP contribution in [0.1, 0.15) is 43.1 Å². The Bertz CT molecular complexity index is 629. The average molecular weight is 326 g/mol. The van der Waals surface area contributed by atoms with Crippen LogP contribution in [0.2, 0.25) is 10.0 Å². The second kappa shape index (κ2) is 6.34. The number of hydrogen-bond donors (Lipinski definition) is 1. The fraction of sp³-hybridized carbons (Fsp3) is 0.467. The number of nitrogens with one attached hydrogen (secondary N) is 1. The van der Waals surface area contributed by atoms with Crippen LogP contribution in [0.25, 0.3) is 0 Å². The molecule has 0 spiro atoms. The smallest absolute Gasteiger partial charge is 0.243 e. The van der Waals surface area contributed by atoms with Crippen molar-refractivity contribution in [1.29, 1.82) is 0 Å². The summed E-state index contributed by atoms with van der Waals surface area (Å²) in [7, 11) is 0. The van der Waals surface area contributed by atoms with Crippen molar-refractivity contribution in [2.24, 2.45) is 5.92 Å². The summed E-state index contributed by atoms with van der Waals surface area (Å²) in [5.41, 5.74) is 0.943. The van der Waals surface area contributed by atoms with Crippen molar-refractivity contribution in [2.45, 2.75) is 32.2 Å². The van der Waals surface area contributed by atoms with Crippen molar-refractivity contribution in [3.63, 3.8) is 0 Å². The second-order valence-corrected chi connectivity index (χ2v) is 6.44. The van der Waals surface area contributed by atoms with Gasteiger partial charge in [-0.2, -0.15) is 4.98 Å². The van der Waals surface area contributed by atoms with Gasteiger partial charge < -0.3 is 9.84 Å². The van der Waals surface area contributed by atoms with Crippen LogP contribution >= 0.6 is 23.2 Å². The van der Waals surface area contributed by atoms with E-state index in [2.05, 4.69) is 22.4 Å². The zero-order chi connectivity index (χ0) is 14.8. The molecule has 1 aliphatic heterocycles. The van der Waals surface area contributed by atoms with Gasteiger partial charge in [-0.15, -0.1) is 0 Å². The fourth-order valence-corrected chi connectivity index (χ4v) is 3.09. The van der Waals surface area contributed by atoms with Crippen molar-refractivity contribution in [3.8, 4) is 0 Å². The van der Waals surface area contributed by atoms with E-state index < -0.39 is 0 Å². The van der Waals surface area contributed by atoms with Gasteiger partial charge in [0, 0.05) is 16.5 Å². The van der Waals surface area contributed by atoms with E-state index in [0.29, 0.717) is 34.1 Å². The van der Waals surface area contributed by atoms with Crippen molar-refractivity contribution in [3.05, 3.63) is 45.5 Å². The van der Waals surface area contributed by atoms with Crippen LogP contribution in [0, 0.1) is 5.92 Å². The molecule has 1 aromatic carbocycles. The number of nitrogens with zero attached hydrogens (tertiary/aromatic N) is 2. The molecule has 0 bridgehead atoms. The van der Waals surface area contributed by atoms with Gasteiger partial charge in [-0.3, -0.25) is 0 Å². The number of hydrogen-bond acceptors (Lipinski definition) is 4. The van der Waals surface area contributed by atoms with Gasteiger partial charge in [0.1, 0.15) is 0 Å². The first-order chi connectivity index (χ1) is 10.1. The van der Waals surface area contributed by atoms with E-state index in [9.17, 15) is 0 Å². The molecule has 6 heteroatoms. The summed E-state index contributed by atoms with van der Waals surface area (Å²) >= 11 is 12.1. The largest absolute Gasteiger partial charge is 0.338 e. The maximum Gasteiger partial charge on any atom is 0.243 e. The summed E-state index contributed by atoms with van der Waals surface area (Å²) in [5.74, 6) is 1.99. The highest BCUT2D eigenvalue weighted by molar-refractivity contribution is 6.35. The molecule has 4 nitrogen and oxygen atoms in total. The minimum Gasteiger partial charge on any atom is -0.338 e. The quantitative estimate of drug-likeness (QED) is 0.925. The van der Waals surface area contributed by atoms with E-state index in [1.165, 1.54) is 6.42 Å². The standard InChI is InChI=1S/C15H17Cl2N3O/c1-9-4-5-18-13(6-9)15-19-14(20-21-15)7-10-2-3-11(16)8-12(10)17/h2-3,8-9,13,18H,4-7H2,1H3. The van der Waals surface area contributed by atoms with E-state index in [0.717, 1.165) is 18.5 Å². The molecule has 2 unspecified atom stereocenters.